The molecule has 1 atom stereocenters. The Kier molecular flexibility index (Phi) is 5.34. The lowest BCUT2D eigenvalue weighted by Gasteiger charge is -2.13. The van der Waals surface area contributed by atoms with E-state index in [9.17, 15) is 14.0 Å². The quantitative estimate of drug-likeness (QED) is 0.721. The van der Waals surface area contributed by atoms with Gasteiger partial charge >= 0.3 is 0 Å². The average molecular weight is 371 g/mol. The number of nitrogens with zero attached hydrogens (tertiary/aromatic N) is 4. The maximum Gasteiger partial charge on any atom is 0.264 e. The molecule has 1 amide bonds. The van der Waals surface area contributed by atoms with Gasteiger partial charge in [0, 0.05) is 19.0 Å². The third-order valence-corrected chi connectivity index (χ3v) is 4.53. The Morgan fingerprint density at radius 1 is 1.30 bits per heavy atom. The molecule has 2 aromatic heterocycles. The summed E-state index contributed by atoms with van der Waals surface area (Å²) < 4.78 is 16.1. The van der Waals surface area contributed by atoms with Gasteiger partial charge in [0.1, 0.15) is 17.0 Å². The van der Waals surface area contributed by atoms with Crippen LogP contribution in [0.2, 0.25) is 0 Å². The first-order valence-electron chi connectivity index (χ1n) is 8.91. The number of halogens is 1. The van der Waals surface area contributed by atoms with Gasteiger partial charge in [-0.1, -0.05) is 6.92 Å². The topological polar surface area (TPSA) is 81.8 Å². The third-order valence-electron chi connectivity index (χ3n) is 4.53. The van der Waals surface area contributed by atoms with Crippen molar-refractivity contribution in [1.82, 2.24) is 24.6 Å². The fourth-order valence-electron chi connectivity index (χ4n) is 2.80. The molecule has 2 heterocycles. The van der Waals surface area contributed by atoms with Crippen molar-refractivity contribution in [2.45, 2.75) is 46.2 Å². The number of hydrogen-bond donors (Lipinski definition) is 1. The Hall–Kier alpha value is -3.03. The summed E-state index contributed by atoms with van der Waals surface area (Å²) in [6.07, 6.45) is 2.49. The van der Waals surface area contributed by atoms with Crippen molar-refractivity contribution in [2.24, 2.45) is 0 Å². The van der Waals surface area contributed by atoms with Gasteiger partial charge in [0.2, 0.25) is 5.91 Å². The van der Waals surface area contributed by atoms with Crippen molar-refractivity contribution in [3.63, 3.8) is 0 Å². The predicted octanol–water partition coefficient (Wildman–Crippen LogP) is 2.33. The van der Waals surface area contributed by atoms with E-state index in [1.165, 1.54) is 27.6 Å². The Labute approximate surface area is 155 Å². The zero-order valence-corrected chi connectivity index (χ0v) is 15.6. The summed E-state index contributed by atoms with van der Waals surface area (Å²) in [5.74, 6) is 0.0443. The molecule has 1 unspecified atom stereocenters. The van der Waals surface area contributed by atoms with Crippen molar-refractivity contribution in [1.29, 1.82) is 0 Å². The number of hydrogen-bond acceptors (Lipinski definition) is 4. The summed E-state index contributed by atoms with van der Waals surface area (Å²) >= 11 is 0. The van der Waals surface area contributed by atoms with Crippen LogP contribution < -0.4 is 10.9 Å². The first kappa shape index (κ1) is 18.8. The molecular weight excluding hydrogens is 349 g/mol. The molecule has 0 aliphatic carbocycles. The zero-order valence-electron chi connectivity index (χ0n) is 15.6. The highest BCUT2D eigenvalue weighted by atomic mass is 19.1. The SMILES string of the molecule is CCC(C)NC(=O)CCn1c(C)nc2c(cnn2-c2ccc(F)cc2)c1=O. The molecule has 1 aromatic carbocycles. The second-order valence-electron chi connectivity index (χ2n) is 6.51. The molecule has 0 spiro atoms. The second kappa shape index (κ2) is 7.69. The van der Waals surface area contributed by atoms with Crippen molar-refractivity contribution in [3.05, 3.63) is 52.5 Å². The number of benzene rings is 1. The smallest absolute Gasteiger partial charge is 0.264 e. The Bertz CT molecular complexity index is 1020. The molecule has 142 valence electrons. The average Bonchev–Trinajstić information content (AvgIpc) is 3.06. The summed E-state index contributed by atoms with van der Waals surface area (Å²) in [6.45, 7) is 5.90. The zero-order chi connectivity index (χ0) is 19.6. The van der Waals surface area contributed by atoms with E-state index in [2.05, 4.69) is 15.4 Å². The van der Waals surface area contributed by atoms with Gasteiger partial charge < -0.3 is 5.32 Å². The molecule has 1 N–H and O–H groups in total. The number of carbonyl (C=O) groups is 1. The highest BCUT2D eigenvalue weighted by Crippen LogP contribution is 2.15. The molecular formula is C19H22FN5O2. The lowest BCUT2D eigenvalue weighted by molar-refractivity contribution is -0.121. The molecule has 0 saturated heterocycles. The second-order valence-corrected chi connectivity index (χ2v) is 6.51. The number of carbonyl (C=O) groups excluding carboxylic acids is 1. The molecule has 27 heavy (non-hydrogen) atoms. The van der Waals surface area contributed by atoms with Crippen molar-refractivity contribution < 1.29 is 9.18 Å². The first-order valence-corrected chi connectivity index (χ1v) is 8.91. The van der Waals surface area contributed by atoms with Crippen LogP contribution in [-0.2, 0) is 11.3 Å². The van der Waals surface area contributed by atoms with Gasteiger partial charge in [-0.2, -0.15) is 5.10 Å². The lowest BCUT2D eigenvalue weighted by Crippen LogP contribution is -2.34. The maximum absolute atomic E-state index is 13.1. The molecule has 0 bridgehead atoms. The monoisotopic (exact) mass is 371 g/mol. The van der Waals surface area contributed by atoms with Crippen LogP contribution in [0, 0.1) is 12.7 Å². The fourth-order valence-corrected chi connectivity index (χ4v) is 2.80. The number of aromatic nitrogens is 4. The van der Waals surface area contributed by atoms with Crippen molar-refractivity contribution in [3.8, 4) is 5.69 Å². The van der Waals surface area contributed by atoms with Crippen LogP contribution in [-0.4, -0.2) is 31.3 Å². The van der Waals surface area contributed by atoms with Crippen LogP contribution in [0.4, 0.5) is 4.39 Å². The summed E-state index contributed by atoms with van der Waals surface area (Å²) in [6, 6.07) is 5.90. The molecule has 0 saturated carbocycles. The minimum atomic E-state index is -0.350. The van der Waals surface area contributed by atoms with Gasteiger partial charge in [0.15, 0.2) is 5.65 Å². The highest BCUT2D eigenvalue weighted by molar-refractivity contribution is 5.77. The van der Waals surface area contributed by atoms with E-state index in [-0.39, 0.29) is 36.3 Å². The summed E-state index contributed by atoms with van der Waals surface area (Å²) in [4.78, 5) is 29.3. The number of amides is 1. The van der Waals surface area contributed by atoms with Crippen LogP contribution in [0.5, 0.6) is 0 Å². The van der Waals surface area contributed by atoms with E-state index in [0.717, 1.165) is 6.42 Å². The molecule has 0 radical (unpaired) electrons. The van der Waals surface area contributed by atoms with Crippen LogP contribution in [0.25, 0.3) is 16.7 Å². The lowest BCUT2D eigenvalue weighted by atomic mass is 10.2. The minimum absolute atomic E-state index is 0.0993. The van der Waals surface area contributed by atoms with Crippen LogP contribution in [0.3, 0.4) is 0 Å². The van der Waals surface area contributed by atoms with Crippen molar-refractivity contribution >= 4 is 16.9 Å². The van der Waals surface area contributed by atoms with E-state index < -0.39 is 0 Å². The molecule has 0 aliphatic heterocycles. The normalized spacial score (nSPS) is 12.3. The number of fused-ring (bicyclic) bond motifs is 1. The molecule has 8 heteroatoms. The predicted molar refractivity (Wildman–Crippen MR) is 100 cm³/mol. The Morgan fingerprint density at radius 3 is 2.67 bits per heavy atom. The summed E-state index contributed by atoms with van der Waals surface area (Å²) in [7, 11) is 0. The van der Waals surface area contributed by atoms with Crippen molar-refractivity contribution in [2.75, 3.05) is 0 Å². The number of rotatable bonds is 6. The van der Waals surface area contributed by atoms with E-state index in [4.69, 9.17) is 0 Å². The van der Waals surface area contributed by atoms with E-state index in [1.807, 2.05) is 13.8 Å². The highest BCUT2D eigenvalue weighted by Gasteiger charge is 2.15. The van der Waals surface area contributed by atoms with Gasteiger partial charge in [0.25, 0.3) is 5.56 Å². The maximum atomic E-state index is 13.1. The third kappa shape index (κ3) is 3.89. The van der Waals surface area contributed by atoms with Gasteiger partial charge in [-0.25, -0.2) is 14.1 Å². The van der Waals surface area contributed by atoms with E-state index in [0.29, 0.717) is 22.5 Å². The van der Waals surface area contributed by atoms with Gasteiger partial charge in [-0.3, -0.25) is 14.2 Å². The van der Waals surface area contributed by atoms with Crippen LogP contribution in [0.15, 0.2) is 35.3 Å². The minimum Gasteiger partial charge on any atom is -0.354 e. The Balaban J connectivity index is 1.90. The van der Waals surface area contributed by atoms with E-state index in [1.54, 1.807) is 19.1 Å². The van der Waals surface area contributed by atoms with Gasteiger partial charge in [0.05, 0.1) is 11.9 Å². The van der Waals surface area contributed by atoms with Gasteiger partial charge in [-0.15, -0.1) is 0 Å². The number of aryl methyl sites for hydroxylation is 1. The molecule has 3 aromatic rings. The molecule has 7 nitrogen and oxygen atoms in total. The van der Waals surface area contributed by atoms with Crippen LogP contribution in [0.1, 0.15) is 32.5 Å². The largest absolute Gasteiger partial charge is 0.354 e. The summed E-state index contributed by atoms with van der Waals surface area (Å²) in [5.41, 5.74) is 0.773. The van der Waals surface area contributed by atoms with E-state index >= 15 is 0 Å². The van der Waals surface area contributed by atoms with Gasteiger partial charge in [-0.05, 0) is 44.5 Å². The van der Waals surface area contributed by atoms with Crippen LogP contribution >= 0.6 is 0 Å². The number of nitrogens with one attached hydrogen (secondary N) is 1. The standard InChI is InChI=1S/C19H22FN5O2/c1-4-12(2)22-17(26)9-10-24-13(3)23-18-16(19(24)27)11-21-25(18)15-7-5-14(20)6-8-15/h5-8,11-12H,4,9-10H2,1-3H3,(H,22,26). The summed E-state index contributed by atoms with van der Waals surface area (Å²) in [5, 5.41) is 7.46. The Morgan fingerprint density at radius 2 is 2.00 bits per heavy atom. The molecule has 0 fully saturated rings. The first-order chi connectivity index (χ1) is 12.9. The molecule has 3 rings (SSSR count). The molecule has 0 aliphatic rings. The fraction of sp³-hybridized carbons (Fsp3) is 0.368.